The normalized spacial score (nSPS) is 13.9. The van der Waals surface area contributed by atoms with Crippen molar-refractivity contribution >= 4 is 0 Å². The monoisotopic (exact) mass is 259 g/mol. The van der Waals surface area contributed by atoms with Crippen molar-refractivity contribution in [2.75, 3.05) is 0 Å². The molecule has 3 heteroatoms. The summed E-state index contributed by atoms with van der Waals surface area (Å²) in [6, 6.07) is 14.0. The summed E-state index contributed by atoms with van der Waals surface area (Å²) in [5.74, 6) is -0.146. The number of ether oxygens (including phenoxy) is 1. The van der Waals surface area contributed by atoms with Gasteiger partial charge in [0.15, 0.2) is 11.6 Å². The van der Waals surface area contributed by atoms with E-state index in [0.29, 0.717) is 0 Å². The van der Waals surface area contributed by atoms with Crippen molar-refractivity contribution in [3.8, 4) is 5.75 Å². The molecule has 0 spiro atoms. The van der Waals surface area contributed by atoms with Gasteiger partial charge in [0.25, 0.3) is 0 Å². The molecule has 0 saturated carbocycles. The number of benzene rings is 2. The van der Waals surface area contributed by atoms with Crippen molar-refractivity contribution in [3.63, 3.8) is 0 Å². The van der Waals surface area contributed by atoms with Gasteiger partial charge in [0.1, 0.15) is 6.10 Å². The van der Waals surface area contributed by atoms with Crippen molar-refractivity contribution in [1.82, 2.24) is 0 Å². The van der Waals surface area contributed by atoms with E-state index in [0.717, 1.165) is 11.1 Å². The lowest BCUT2D eigenvalue weighted by molar-refractivity contribution is 0.172. The predicted molar refractivity (Wildman–Crippen MR) is 74.6 cm³/mol. The van der Waals surface area contributed by atoms with Crippen LogP contribution < -0.4 is 10.5 Å². The van der Waals surface area contributed by atoms with Crippen molar-refractivity contribution in [2.45, 2.75) is 26.0 Å². The molecule has 0 heterocycles. The molecular weight excluding hydrogens is 241 g/mol. The van der Waals surface area contributed by atoms with Crippen LogP contribution in [0.25, 0.3) is 0 Å². The van der Waals surface area contributed by atoms with Gasteiger partial charge in [-0.3, -0.25) is 0 Å². The number of aryl methyl sites for hydroxylation is 1. The third-order valence-corrected chi connectivity index (χ3v) is 2.94. The number of nitrogens with two attached hydrogens (primary N) is 1. The quantitative estimate of drug-likeness (QED) is 0.910. The molecule has 2 unspecified atom stereocenters. The summed E-state index contributed by atoms with van der Waals surface area (Å²) in [5, 5.41) is 0. The van der Waals surface area contributed by atoms with Crippen molar-refractivity contribution in [3.05, 3.63) is 65.5 Å². The van der Waals surface area contributed by atoms with Gasteiger partial charge in [-0.15, -0.1) is 0 Å². The Kier molecular flexibility index (Phi) is 4.17. The molecule has 0 aliphatic carbocycles. The van der Waals surface area contributed by atoms with E-state index >= 15 is 0 Å². The van der Waals surface area contributed by atoms with Gasteiger partial charge >= 0.3 is 0 Å². The number of rotatable bonds is 4. The minimum absolute atomic E-state index is 0.228. The van der Waals surface area contributed by atoms with Crippen molar-refractivity contribution in [1.29, 1.82) is 0 Å². The summed E-state index contributed by atoms with van der Waals surface area (Å²) in [6.45, 7) is 3.86. The molecule has 0 aliphatic heterocycles. The van der Waals surface area contributed by atoms with E-state index in [4.69, 9.17) is 10.5 Å². The lowest BCUT2D eigenvalue weighted by Crippen LogP contribution is -2.29. The van der Waals surface area contributed by atoms with Gasteiger partial charge in [-0.25, -0.2) is 4.39 Å². The molecule has 100 valence electrons. The summed E-state index contributed by atoms with van der Waals surface area (Å²) in [6.07, 6.45) is -0.364. The minimum Gasteiger partial charge on any atom is -0.481 e. The fourth-order valence-electron chi connectivity index (χ4n) is 2.00. The van der Waals surface area contributed by atoms with Gasteiger partial charge in [0.2, 0.25) is 0 Å². The second-order valence-corrected chi connectivity index (χ2v) is 4.74. The van der Waals surface area contributed by atoms with Crippen LogP contribution in [0.15, 0.2) is 48.5 Å². The Hall–Kier alpha value is -1.87. The van der Waals surface area contributed by atoms with E-state index in [-0.39, 0.29) is 23.7 Å². The Balaban J connectivity index is 2.29. The zero-order valence-corrected chi connectivity index (χ0v) is 11.1. The minimum atomic E-state index is -0.374. The first-order valence-corrected chi connectivity index (χ1v) is 6.31. The Bertz CT molecular complexity index is 554. The Morgan fingerprint density at radius 1 is 1.11 bits per heavy atom. The first-order chi connectivity index (χ1) is 9.08. The lowest BCUT2D eigenvalue weighted by atomic mass is 10.0. The summed E-state index contributed by atoms with van der Waals surface area (Å²) in [7, 11) is 0. The van der Waals surface area contributed by atoms with Gasteiger partial charge in [0, 0.05) is 6.04 Å². The summed E-state index contributed by atoms with van der Waals surface area (Å²) in [5.41, 5.74) is 8.05. The fraction of sp³-hybridized carbons (Fsp3) is 0.250. The first-order valence-electron chi connectivity index (χ1n) is 6.31. The molecule has 0 aliphatic rings. The third-order valence-electron chi connectivity index (χ3n) is 2.94. The van der Waals surface area contributed by atoms with E-state index in [1.54, 1.807) is 18.2 Å². The highest BCUT2D eigenvalue weighted by Gasteiger charge is 2.19. The molecule has 0 aromatic heterocycles. The molecule has 2 aromatic rings. The molecule has 2 nitrogen and oxygen atoms in total. The highest BCUT2D eigenvalue weighted by atomic mass is 19.1. The van der Waals surface area contributed by atoms with E-state index in [1.165, 1.54) is 6.07 Å². The molecule has 19 heavy (non-hydrogen) atoms. The van der Waals surface area contributed by atoms with Crippen LogP contribution in [0.1, 0.15) is 24.2 Å². The zero-order chi connectivity index (χ0) is 13.8. The molecule has 2 atom stereocenters. The van der Waals surface area contributed by atoms with Gasteiger partial charge in [-0.05, 0) is 31.5 Å². The summed E-state index contributed by atoms with van der Waals surface area (Å²) in [4.78, 5) is 0. The Morgan fingerprint density at radius 3 is 2.47 bits per heavy atom. The predicted octanol–water partition coefficient (Wildman–Crippen LogP) is 3.60. The highest BCUT2D eigenvalue weighted by Crippen LogP contribution is 2.26. The smallest absolute Gasteiger partial charge is 0.165 e. The molecule has 0 saturated heterocycles. The van der Waals surface area contributed by atoms with Gasteiger partial charge < -0.3 is 10.5 Å². The number of halogens is 1. The molecule has 0 bridgehead atoms. The second-order valence-electron chi connectivity index (χ2n) is 4.74. The van der Waals surface area contributed by atoms with Gasteiger partial charge in [0.05, 0.1) is 0 Å². The van der Waals surface area contributed by atoms with Crippen molar-refractivity contribution < 1.29 is 9.13 Å². The number of hydrogen-bond donors (Lipinski definition) is 1. The molecule has 0 fully saturated rings. The van der Waals surface area contributed by atoms with Crippen LogP contribution >= 0.6 is 0 Å². The Labute approximate surface area is 113 Å². The van der Waals surface area contributed by atoms with Crippen LogP contribution in [0, 0.1) is 12.7 Å². The zero-order valence-electron chi connectivity index (χ0n) is 11.1. The lowest BCUT2D eigenvalue weighted by Gasteiger charge is -2.23. The van der Waals surface area contributed by atoms with E-state index in [2.05, 4.69) is 0 Å². The summed E-state index contributed by atoms with van der Waals surface area (Å²) < 4.78 is 19.4. The maximum atomic E-state index is 13.6. The highest BCUT2D eigenvalue weighted by molar-refractivity contribution is 5.29. The Morgan fingerprint density at radius 2 is 1.84 bits per heavy atom. The second kappa shape index (κ2) is 5.85. The average molecular weight is 259 g/mol. The van der Waals surface area contributed by atoms with Gasteiger partial charge in [-0.1, -0.05) is 42.0 Å². The molecule has 0 amide bonds. The largest absolute Gasteiger partial charge is 0.481 e. The maximum Gasteiger partial charge on any atom is 0.165 e. The van der Waals surface area contributed by atoms with Crippen LogP contribution in [0.2, 0.25) is 0 Å². The fourth-order valence-corrected chi connectivity index (χ4v) is 2.00. The standard InChI is InChI=1S/C16H18FNO/c1-11-6-5-7-13(10-11)16(12(2)18)19-15-9-4-3-8-14(15)17/h3-10,12,16H,18H2,1-2H3. The maximum absolute atomic E-state index is 13.6. The molecule has 2 N–H and O–H groups in total. The molecule has 2 aromatic carbocycles. The average Bonchev–Trinajstić information content (AvgIpc) is 2.37. The molecule has 0 radical (unpaired) electrons. The SMILES string of the molecule is Cc1cccc(C(Oc2ccccc2F)C(C)N)c1. The van der Waals surface area contributed by atoms with E-state index < -0.39 is 0 Å². The molecular formula is C16H18FNO. The van der Waals surface area contributed by atoms with Gasteiger partial charge in [-0.2, -0.15) is 0 Å². The van der Waals surface area contributed by atoms with Crippen LogP contribution in [-0.2, 0) is 0 Å². The first kappa shape index (κ1) is 13.6. The van der Waals surface area contributed by atoms with Crippen LogP contribution in [-0.4, -0.2) is 6.04 Å². The summed E-state index contributed by atoms with van der Waals surface area (Å²) >= 11 is 0. The topological polar surface area (TPSA) is 35.2 Å². The van der Waals surface area contributed by atoms with E-state index in [9.17, 15) is 4.39 Å². The van der Waals surface area contributed by atoms with E-state index in [1.807, 2.05) is 38.1 Å². The van der Waals surface area contributed by atoms with Crippen LogP contribution in [0.4, 0.5) is 4.39 Å². The number of hydrogen-bond acceptors (Lipinski definition) is 2. The van der Waals surface area contributed by atoms with Crippen LogP contribution in [0.5, 0.6) is 5.75 Å². The van der Waals surface area contributed by atoms with Crippen molar-refractivity contribution in [2.24, 2.45) is 5.73 Å². The van der Waals surface area contributed by atoms with Crippen LogP contribution in [0.3, 0.4) is 0 Å². The molecule has 2 rings (SSSR count). The third kappa shape index (κ3) is 3.32. The number of para-hydroxylation sites is 1.